The summed E-state index contributed by atoms with van der Waals surface area (Å²) in [7, 11) is -3.14. The van der Waals surface area contributed by atoms with Gasteiger partial charge in [-0.15, -0.1) is 0 Å². The molecule has 1 atom stereocenters. The molecule has 0 aromatic carbocycles. The van der Waals surface area contributed by atoms with Crippen molar-refractivity contribution in [1.29, 1.82) is 0 Å². The lowest BCUT2D eigenvalue weighted by molar-refractivity contribution is -0.125. The minimum absolute atomic E-state index is 0.0201. The number of amides is 1. The van der Waals surface area contributed by atoms with Gasteiger partial charge in [-0.05, 0) is 38.8 Å². The van der Waals surface area contributed by atoms with Gasteiger partial charge in [0.1, 0.15) is 5.15 Å². The maximum Gasteiger partial charge on any atom is 0.342 e. The van der Waals surface area contributed by atoms with Crippen molar-refractivity contribution in [3.8, 4) is 0 Å². The smallest absolute Gasteiger partial charge is 0.342 e. The molecule has 132 valence electrons. The largest absolute Gasteiger partial charge is 0.452 e. The van der Waals surface area contributed by atoms with Gasteiger partial charge >= 0.3 is 5.97 Å². The summed E-state index contributed by atoms with van der Waals surface area (Å²) in [6, 6.07) is 1.69. The Balaban J connectivity index is 1.96. The number of aromatic nitrogens is 1. The first-order valence-corrected chi connectivity index (χ1v) is 9.54. The van der Waals surface area contributed by atoms with Crippen LogP contribution in [-0.4, -0.2) is 48.9 Å². The number of ether oxygens (including phenoxy) is 1. The molecule has 1 aromatic rings. The molecule has 1 N–H and O–H groups in total. The minimum atomic E-state index is -3.14. The quantitative estimate of drug-likeness (QED) is 0.627. The van der Waals surface area contributed by atoms with E-state index < -0.39 is 33.9 Å². The number of carbonyl (C=O) groups is 2. The zero-order valence-electron chi connectivity index (χ0n) is 13.7. The highest BCUT2D eigenvalue weighted by Crippen LogP contribution is 2.23. The molecule has 0 radical (unpaired) electrons. The molecule has 7 nitrogen and oxygen atoms in total. The van der Waals surface area contributed by atoms with Crippen LogP contribution in [0.3, 0.4) is 0 Å². The number of carbonyl (C=O) groups excluding carboxylic acids is 2. The number of hydrogen-bond acceptors (Lipinski definition) is 6. The number of hydrogen-bond donors (Lipinski definition) is 1. The summed E-state index contributed by atoms with van der Waals surface area (Å²) in [4.78, 5) is 28.0. The maximum atomic E-state index is 12.1. The summed E-state index contributed by atoms with van der Waals surface area (Å²) in [6.07, 6.45) is 0.335. The predicted molar refractivity (Wildman–Crippen MR) is 88.8 cm³/mol. The van der Waals surface area contributed by atoms with E-state index in [2.05, 4.69) is 10.3 Å². The number of esters is 1. The van der Waals surface area contributed by atoms with Crippen LogP contribution in [0.25, 0.3) is 0 Å². The monoisotopic (exact) mass is 374 g/mol. The van der Waals surface area contributed by atoms with Crippen molar-refractivity contribution in [2.75, 3.05) is 18.1 Å². The van der Waals surface area contributed by atoms with E-state index in [1.165, 1.54) is 0 Å². The summed E-state index contributed by atoms with van der Waals surface area (Å²) in [5, 5.41) is 2.63. The third-order valence-corrected chi connectivity index (χ3v) is 5.96. The average Bonchev–Trinajstić information content (AvgIpc) is 2.68. The van der Waals surface area contributed by atoms with Crippen LogP contribution in [0, 0.1) is 13.8 Å². The third-order valence-electron chi connectivity index (χ3n) is 3.78. The van der Waals surface area contributed by atoms with Crippen molar-refractivity contribution >= 4 is 33.3 Å². The Morgan fingerprint density at radius 3 is 2.62 bits per heavy atom. The predicted octanol–water partition coefficient (Wildman–Crippen LogP) is 1.20. The van der Waals surface area contributed by atoms with Gasteiger partial charge in [-0.3, -0.25) is 4.79 Å². The molecule has 2 rings (SSSR count). The molecule has 0 spiro atoms. The SMILES string of the molecule is Cc1cc(C)c(C(=O)OCC(=O)N[C@]2(C)CCS(=O)(=O)C2)c(Cl)n1. The van der Waals surface area contributed by atoms with Gasteiger partial charge < -0.3 is 10.1 Å². The van der Waals surface area contributed by atoms with E-state index in [0.29, 0.717) is 17.7 Å². The van der Waals surface area contributed by atoms with Gasteiger partial charge in [-0.1, -0.05) is 11.6 Å². The van der Waals surface area contributed by atoms with Gasteiger partial charge in [0.05, 0.1) is 22.6 Å². The molecule has 1 fully saturated rings. The molecule has 0 aliphatic carbocycles. The second-order valence-corrected chi connectivity index (χ2v) is 8.82. The lowest BCUT2D eigenvalue weighted by Gasteiger charge is -2.23. The average molecular weight is 375 g/mol. The Hall–Kier alpha value is -1.67. The normalized spacial score (nSPS) is 22.2. The number of halogens is 1. The van der Waals surface area contributed by atoms with Crippen molar-refractivity contribution in [2.24, 2.45) is 0 Å². The fraction of sp³-hybridized carbons (Fsp3) is 0.533. The summed E-state index contributed by atoms with van der Waals surface area (Å²) in [6.45, 7) is 4.58. The fourth-order valence-corrected chi connectivity index (χ4v) is 5.17. The molecule has 1 aliphatic heterocycles. The van der Waals surface area contributed by atoms with Crippen LogP contribution in [-0.2, 0) is 19.4 Å². The van der Waals surface area contributed by atoms with Crippen LogP contribution in [0.4, 0.5) is 0 Å². The first kappa shape index (κ1) is 18.7. The number of aryl methyl sites for hydroxylation is 2. The zero-order chi connectivity index (χ0) is 18.1. The highest BCUT2D eigenvalue weighted by Gasteiger charge is 2.39. The third kappa shape index (κ3) is 4.45. The van der Waals surface area contributed by atoms with Crippen LogP contribution in [0.5, 0.6) is 0 Å². The van der Waals surface area contributed by atoms with E-state index in [1.807, 2.05) is 0 Å². The van der Waals surface area contributed by atoms with E-state index in [0.717, 1.165) is 0 Å². The standard InChI is InChI=1S/C15H19ClN2O5S/c1-9-6-10(2)17-13(16)12(9)14(20)23-7-11(19)18-15(3)4-5-24(21,22)8-15/h6H,4-5,7-8H2,1-3H3,(H,18,19)/t15-/m1/s1. The second-order valence-electron chi connectivity index (χ2n) is 6.27. The van der Waals surface area contributed by atoms with E-state index in [1.54, 1.807) is 26.8 Å². The van der Waals surface area contributed by atoms with Gasteiger partial charge in [0.25, 0.3) is 5.91 Å². The molecule has 1 aliphatic rings. The Kier molecular flexibility index (Phi) is 5.19. The van der Waals surface area contributed by atoms with Gasteiger partial charge in [0.15, 0.2) is 16.4 Å². The number of nitrogens with one attached hydrogen (secondary N) is 1. The van der Waals surface area contributed by atoms with E-state index in [4.69, 9.17) is 16.3 Å². The molecule has 1 aromatic heterocycles. The van der Waals surface area contributed by atoms with Gasteiger partial charge in [0, 0.05) is 5.69 Å². The van der Waals surface area contributed by atoms with E-state index >= 15 is 0 Å². The van der Waals surface area contributed by atoms with Crippen molar-refractivity contribution in [3.05, 3.63) is 28.0 Å². The van der Waals surface area contributed by atoms with Crippen LogP contribution < -0.4 is 5.32 Å². The molecular formula is C15H19ClN2O5S. The molecule has 0 bridgehead atoms. The summed E-state index contributed by atoms with van der Waals surface area (Å²) >= 11 is 5.96. The Bertz CT molecular complexity index is 770. The van der Waals surface area contributed by atoms with Gasteiger partial charge in [-0.2, -0.15) is 0 Å². The van der Waals surface area contributed by atoms with Crippen LogP contribution >= 0.6 is 11.6 Å². The van der Waals surface area contributed by atoms with Crippen molar-refractivity contribution in [1.82, 2.24) is 10.3 Å². The number of pyridine rings is 1. The molecule has 9 heteroatoms. The summed E-state index contributed by atoms with van der Waals surface area (Å²) < 4.78 is 28.0. The van der Waals surface area contributed by atoms with Crippen molar-refractivity contribution in [3.63, 3.8) is 0 Å². The first-order chi connectivity index (χ1) is 11.0. The summed E-state index contributed by atoms with van der Waals surface area (Å²) in [5.41, 5.74) is 0.556. The Labute approximate surface area is 145 Å². The lowest BCUT2D eigenvalue weighted by Crippen LogP contribution is -2.48. The molecule has 0 saturated carbocycles. The topological polar surface area (TPSA) is 102 Å². The maximum absolute atomic E-state index is 12.1. The molecule has 2 heterocycles. The van der Waals surface area contributed by atoms with Gasteiger partial charge in [0.2, 0.25) is 0 Å². The Morgan fingerprint density at radius 1 is 1.42 bits per heavy atom. The fourth-order valence-electron chi connectivity index (χ4n) is 2.72. The molecule has 1 saturated heterocycles. The van der Waals surface area contributed by atoms with E-state index in [-0.39, 0.29) is 22.2 Å². The molecular weight excluding hydrogens is 356 g/mol. The number of nitrogens with zero attached hydrogens (tertiary/aromatic N) is 1. The highest BCUT2D eigenvalue weighted by molar-refractivity contribution is 7.91. The molecule has 0 unspecified atom stereocenters. The summed E-state index contributed by atoms with van der Waals surface area (Å²) in [5.74, 6) is -1.39. The van der Waals surface area contributed by atoms with Crippen LogP contribution in [0.2, 0.25) is 5.15 Å². The molecule has 1 amide bonds. The van der Waals surface area contributed by atoms with Gasteiger partial charge in [-0.25, -0.2) is 18.2 Å². The van der Waals surface area contributed by atoms with E-state index in [9.17, 15) is 18.0 Å². The lowest BCUT2D eigenvalue weighted by atomic mass is 10.0. The first-order valence-electron chi connectivity index (χ1n) is 7.34. The molecule has 24 heavy (non-hydrogen) atoms. The number of rotatable bonds is 4. The number of sulfone groups is 1. The minimum Gasteiger partial charge on any atom is -0.452 e. The second kappa shape index (κ2) is 6.68. The van der Waals surface area contributed by atoms with Crippen molar-refractivity contribution in [2.45, 2.75) is 32.7 Å². The van der Waals surface area contributed by atoms with Crippen LogP contribution in [0.1, 0.15) is 35.0 Å². The Morgan fingerprint density at radius 2 is 2.08 bits per heavy atom. The zero-order valence-corrected chi connectivity index (χ0v) is 15.3. The highest BCUT2D eigenvalue weighted by atomic mass is 35.5. The van der Waals surface area contributed by atoms with Crippen LogP contribution in [0.15, 0.2) is 6.07 Å². The van der Waals surface area contributed by atoms with Crippen molar-refractivity contribution < 1.29 is 22.7 Å².